The van der Waals surface area contributed by atoms with Crippen molar-refractivity contribution in [1.82, 2.24) is 4.90 Å². The molecule has 36 heavy (non-hydrogen) atoms. The van der Waals surface area contributed by atoms with Crippen LogP contribution in [0.25, 0.3) is 0 Å². The second-order valence-electron chi connectivity index (χ2n) is 12.7. The number of carbonyl (C=O) groups excluding carboxylic acids is 1. The van der Waals surface area contributed by atoms with Gasteiger partial charge in [0, 0.05) is 31.5 Å². The van der Waals surface area contributed by atoms with Gasteiger partial charge >= 0.3 is 5.97 Å². The molecule has 0 radical (unpaired) electrons. The first-order chi connectivity index (χ1) is 17.7. The molecular formula is C33H51NO2. The Balaban J connectivity index is 1.41. The third kappa shape index (κ3) is 6.94. The molecule has 4 aliphatic rings. The van der Waals surface area contributed by atoms with Crippen molar-refractivity contribution in [3.05, 3.63) is 35.4 Å². The third-order valence-corrected chi connectivity index (χ3v) is 10.0. The highest BCUT2D eigenvalue weighted by Crippen LogP contribution is 2.45. The fourth-order valence-electron chi connectivity index (χ4n) is 7.98. The topological polar surface area (TPSA) is 29.5 Å². The van der Waals surface area contributed by atoms with Crippen LogP contribution in [0.1, 0.15) is 133 Å². The van der Waals surface area contributed by atoms with Gasteiger partial charge in [0.15, 0.2) is 0 Å². The highest BCUT2D eigenvalue weighted by Gasteiger charge is 2.40. The van der Waals surface area contributed by atoms with Crippen LogP contribution in [-0.4, -0.2) is 36.6 Å². The van der Waals surface area contributed by atoms with E-state index in [-0.39, 0.29) is 5.97 Å². The lowest BCUT2D eigenvalue weighted by Gasteiger charge is -2.47. The van der Waals surface area contributed by atoms with E-state index in [1.165, 1.54) is 114 Å². The van der Waals surface area contributed by atoms with Gasteiger partial charge in [-0.3, -0.25) is 9.69 Å². The molecule has 1 aromatic rings. The smallest absolute Gasteiger partial charge is 0.306 e. The van der Waals surface area contributed by atoms with Crippen molar-refractivity contribution in [3.63, 3.8) is 0 Å². The van der Waals surface area contributed by atoms with Crippen LogP contribution in [-0.2, 0) is 9.53 Å². The Morgan fingerprint density at radius 3 is 1.89 bits per heavy atom. The average molecular weight is 494 g/mol. The molecule has 4 saturated carbocycles. The molecule has 0 bridgehead atoms. The largest absolute Gasteiger partial charge is 0.466 e. The van der Waals surface area contributed by atoms with E-state index in [0.717, 1.165) is 24.2 Å². The third-order valence-electron chi connectivity index (χ3n) is 10.0. The Kier molecular flexibility index (Phi) is 9.44. The number of nitrogens with zero attached hydrogens (tertiary/aromatic N) is 1. The molecule has 3 atom stereocenters. The standard InChI is InChI=1S/C33H51NO2/c1-2-36-32(35)22-30-14-9-15-31(33(30)29-20-18-28(19-21-29)27-16-17-27)34(23-25-10-5-3-6-11-25)24-26-12-7-4-8-13-26/h18-21,25-27,30-31,33H,2-17,22-24H2,1H3. The fraction of sp³-hybridized carbons (Fsp3) is 0.788. The van der Waals surface area contributed by atoms with Gasteiger partial charge < -0.3 is 4.74 Å². The minimum absolute atomic E-state index is 0.00821. The summed E-state index contributed by atoms with van der Waals surface area (Å²) >= 11 is 0. The molecule has 0 amide bonds. The molecule has 0 spiro atoms. The minimum atomic E-state index is 0.00821. The molecule has 0 saturated heterocycles. The lowest BCUT2D eigenvalue weighted by Crippen LogP contribution is -2.49. The van der Waals surface area contributed by atoms with E-state index in [9.17, 15) is 4.79 Å². The van der Waals surface area contributed by atoms with Gasteiger partial charge in [-0.25, -0.2) is 0 Å². The molecule has 200 valence electrons. The zero-order chi connectivity index (χ0) is 24.7. The van der Waals surface area contributed by atoms with Crippen LogP contribution in [0.2, 0.25) is 0 Å². The van der Waals surface area contributed by atoms with E-state index in [1.54, 1.807) is 0 Å². The highest BCUT2D eigenvalue weighted by molar-refractivity contribution is 5.69. The van der Waals surface area contributed by atoms with E-state index < -0.39 is 0 Å². The predicted octanol–water partition coefficient (Wildman–Crippen LogP) is 8.23. The number of esters is 1. The first kappa shape index (κ1) is 26.3. The van der Waals surface area contributed by atoms with Gasteiger partial charge in [0.2, 0.25) is 0 Å². The molecule has 0 N–H and O–H groups in total. The Morgan fingerprint density at radius 2 is 1.33 bits per heavy atom. The van der Waals surface area contributed by atoms with E-state index in [4.69, 9.17) is 4.74 Å². The van der Waals surface area contributed by atoms with E-state index in [1.807, 2.05) is 6.92 Å². The number of rotatable bonds is 10. The maximum absolute atomic E-state index is 12.7. The molecule has 1 aromatic carbocycles. The first-order valence-corrected chi connectivity index (χ1v) is 15.7. The van der Waals surface area contributed by atoms with Gasteiger partial charge in [0.25, 0.3) is 0 Å². The second-order valence-corrected chi connectivity index (χ2v) is 12.7. The van der Waals surface area contributed by atoms with Gasteiger partial charge in [-0.2, -0.15) is 0 Å². The molecular weight excluding hydrogens is 442 g/mol. The van der Waals surface area contributed by atoms with Crippen LogP contribution in [0.5, 0.6) is 0 Å². The first-order valence-electron chi connectivity index (χ1n) is 15.7. The quantitative estimate of drug-likeness (QED) is 0.307. The van der Waals surface area contributed by atoms with Crippen LogP contribution in [0.3, 0.4) is 0 Å². The van der Waals surface area contributed by atoms with Gasteiger partial charge in [-0.15, -0.1) is 0 Å². The van der Waals surface area contributed by atoms with Crippen LogP contribution >= 0.6 is 0 Å². The molecule has 3 nitrogen and oxygen atoms in total. The maximum atomic E-state index is 12.7. The van der Waals surface area contributed by atoms with Gasteiger partial charge in [0.1, 0.15) is 0 Å². The number of hydrogen-bond acceptors (Lipinski definition) is 3. The van der Waals surface area contributed by atoms with Gasteiger partial charge in [-0.05, 0) is 93.1 Å². The molecule has 4 aliphatic carbocycles. The fourth-order valence-corrected chi connectivity index (χ4v) is 7.98. The van der Waals surface area contributed by atoms with Crippen LogP contribution in [0.15, 0.2) is 24.3 Å². The van der Waals surface area contributed by atoms with Crippen molar-refractivity contribution in [2.75, 3.05) is 19.7 Å². The summed E-state index contributed by atoms with van der Waals surface area (Å²) in [5.74, 6) is 3.38. The SMILES string of the molecule is CCOC(=O)CC1CCCC(N(CC2CCCCC2)CC2CCCCC2)C1c1ccc(C2CC2)cc1. The lowest BCUT2D eigenvalue weighted by atomic mass is 9.69. The van der Waals surface area contributed by atoms with Crippen molar-refractivity contribution in [3.8, 4) is 0 Å². The second kappa shape index (κ2) is 12.9. The number of ether oxygens (including phenoxy) is 1. The van der Waals surface area contributed by atoms with Gasteiger partial charge in [0.05, 0.1) is 6.61 Å². The predicted molar refractivity (Wildman–Crippen MR) is 148 cm³/mol. The van der Waals surface area contributed by atoms with Crippen molar-refractivity contribution in [2.24, 2.45) is 17.8 Å². The molecule has 3 unspecified atom stereocenters. The van der Waals surface area contributed by atoms with Crippen molar-refractivity contribution >= 4 is 5.97 Å². The monoisotopic (exact) mass is 493 g/mol. The molecule has 5 rings (SSSR count). The molecule has 4 fully saturated rings. The summed E-state index contributed by atoms with van der Waals surface area (Å²) < 4.78 is 5.47. The zero-order valence-corrected chi connectivity index (χ0v) is 23.0. The number of hydrogen-bond donors (Lipinski definition) is 0. The highest BCUT2D eigenvalue weighted by atomic mass is 16.5. The Bertz CT molecular complexity index is 783. The zero-order valence-electron chi connectivity index (χ0n) is 23.0. The van der Waals surface area contributed by atoms with Crippen molar-refractivity contribution in [1.29, 1.82) is 0 Å². The average Bonchev–Trinajstić information content (AvgIpc) is 3.76. The molecule has 3 heteroatoms. The number of carbonyl (C=O) groups is 1. The summed E-state index contributed by atoms with van der Waals surface area (Å²) in [5.41, 5.74) is 3.00. The van der Waals surface area contributed by atoms with Crippen LogP contribution in [0.4, 0.5) is 0 Å². The summed E-state index contributed by atoms with van der Waals surface area (Å²) in [6, 6.07) is 10.3. The van der Waals surface area contributed by atoms with Gasteiger partial charge in [-0.1, -0.05) is 69.2 Å². The minimum Gasteiger partial charge on any atom is -0.466 e. The Morgan fingerprint density at radius 1 is 0.750 bits per heavy atom. The van der Waals surface area contributed by atoms with E-state index >= 15 is 0 Å². The van der Waals surface area contributed by atoms with E-state index in [2.05, 4.69) is 29.2 Å². The van der Waals surface area contributed by atoms with Crippen molar-refractivity contribution < 1.29 is 9.53 Å². The lowest BCUT2D eigenvalue weighted by molar-refractivity contribution is -0.145. The van der Waals surface area contributed by atoms with E-state index in [0.29, 0.717) is 30.9 Å². The van der Waals surface area contributed by atoms with Crippen LogP contribution in [0, 0.1) is 17.8 Å². The maximum Gasteiger partial charge on any atom is 0.306 e. The molecule has 0 heterocycles. The van der Waals surface area contributed by atoms with Crippen molar-refractivity contribution in [2.45, 2.75) is 128 Å². The Labute approximate surface area is 220 Å². The summed E-state index contributed by atoms with van der Waals surface area (Å²) in [6.45, 7) is 4.99. The van der Waals surface area contributed by atoms with Crippen LogP contribution < -0.4 is 0 Å². The summed E-state index contributed by atoms with van der Waals surface area (Å²) in [7, 11) is 0. The summed E-state index contributed by atoms with van der Waals surface area (Å²) in [6.07, 6.45) is 21.2. The summed E-state index contributed by atoms with van der Waals surface area (Å²) in [5, 5.41) is 0. The molecule has 0 aliphatic heterocycles. The Hall–Kier alpha value is -1.35. The normalized spacial score (nSPS) is 28.3. The summed E-state index contributed by atoms with van der Waals surface area (Å²) in [4.78, 5) is 15.7. The molecule has 0 aromatic heterocycles. The number of benzene rings is 1.